The van der Waals surface area contributed by atoms with Gasteiger partial charge in [-0.3, -0.25) is 4.79 Å². The predicted octanol–water partition coefficient (Wildman–Crippen LogP) is 3.32. The van der Waals surface area contributed by atoms with Crippen LogP contribution in [0.25, 0.3) is 21.9 Å². The van der Waals surface area contributed by atoms with Gasteiger partial charge in [0, 0.05) is 26.8 Å². The van der Waals surface area contributed by atoms with Crippen LogP contribution in [0, 0.1) is 12.8 Å². The molecule has 0 radical (unpaired) electrons. The third-order valence-electron chi connectivity index (χ3n) is 6.01. The van der Waals surface area contributed by atoms with E-state index in [4.69, 9.17) is 14.5 Å². The molecule has 0 amide bonds. The summed E-state index contributed by atoms with van der Waals surface area (Å²) in [6.45, 7) is 6.88. The summed E-state index contributed by atoms with van der Waals surface area (Å²) in [4.78, 5) is 31.8. The summed E-state index contributed by atoms with van der Waals surface area (Å²) in [6.07, 6.45) is 2.91. The van der Waals surface area contributed by atoms with E-state index in [9.17, 15) is 9.59 Å². The number of nitrogens with zero attached hydrogens (tertiary/aromatic N) is 3. The summed E-state index contributed by atoms with van der Waals surface area (Å²) >= 11 is 0. The molecule has 0 aliphatic carbocycles. The second-order valence-corrected chi connectivity index (χ2v) is 8.12. The third-order valence-corrected chi connectivity index (χ3v) is 6.01. The molecule has 7 nitrogen and oxygen atoms in total. The van der Waals surface area contributed by atoms with E-state index in [-0.39, 0.29) is 12.0 Å². The minimum Gasteiger partial charge on any atom is -0.491 e. The van der Waals surface area contributed by atoms with Gasteiger partial charge in [0.05, 0.1) is 29.4 Å². The first kappa shape index (κ1) is 21.3. The molecule has 1 aliphatic rings. The molecule has 0 bridgehead atoms. The second kappa shape index (κ2) is 9.06. The van der Waals surface area contributed by atoms with Crippen molar-refractivity contribution < 1.29 is 14.3 Å². The number of carbonyl (C=O) groups is 1. The zero-order valence-corrected chi connectivity index (χ0v) is 18.4. The summed E-state index contributed by atoms with van der Waals surface area (Å²) in [6, 6.07) is 7.40. The summed E-state index contributed by atoms with van der Waals surface area (Å²) in [5.74, 6) is 1.96. The van der Waals surface area contributed by atoms with Crippen LogP contribution in [-0.2, 0) is 16.1 Å². The highest BCUT2D eigenvalue weighted by Gasteiger charge is 2.20. The fourth-order valence-electron chi connectivity index (χ4n) is 4.40. The van der Waals surface area contributed by atoms with Gasteiger partial charge in [-0.2, -0.15) is 0 Å². The Balaban J connectivity index is 1.89. The van der Waals surface area contributed by atoms with Crippen LogP contribution < -0.4 is 15.1 Å². The number of pyridine rings is 2. The Kier molecular flexibility index (Phi) is 6.23. The van der Waals surface area contributed by atoms with Gasteiger partial charge in [-0.15, -0.1) is 0 Å². The number of hydrogen-bond acceptors (Lipinski definition) is 6. The highest BCUT2D eigenvalue weighted by Crippen LogP contribution is 2.31. The maximum atomic E-state index is 13.3. The van der Waals surface area contributed by atoms with Gasteiger partial charge in [-0.25, -0.2) is 4.98 Å². The Labute approximate surface area is 181 Å². The number of benzene rings is 1. The van der Waals surface area contributed by atoms with E-state index >= 15 is 0 Å². The lowest BCUT2D eigenvalue weighted by Crippen LogP contribution is -2.30. The van der Waals surface area contributed by atoms with Gasteiger partial charge < -0.3 is 23.7 Å². The summed E-state index contributed by atoms with van der Waals surface area (Å²) in [5, 5.41) is 1.04. The van der Waals surface area contributed by atoms with Gasteiger partial charge in [0.15, 0.2) is 5.43 Å². The number of fused-ring (bicyclic) bond motifs is 2. The highest BCUT2D eigenvalue weighted by atomic mass is 16.5. The minimum atomic E-state index is -0.0979. The third kappa shape index (κ3) is 4.02. The van der Waals surface area contributed by atoms with Gasteiger partial charge >= 0.3 is 0 Å². The Hall–Kier alpha value is -2.93. The van der Waals surface area contributed by atoms with Crippen molar-refractivity contribution in [2.45, 2.75) is 33.2 Å². The Morgan fingerprint density at radius 3 is 2.68 bits per heavy atom. The molecule has 1 aromatic carbocycles. The minimum absolute atomic E-state index is 0.0942. The monoisotopic (exact) mass is 423 g/mol. The van der Waals surface area contributed by atoms with E-state index in [1.807, 2.05) is 43.7 Å². The first-order valence-corrected chi connectivity index (χ1v) is 10.9. The maximum Gasteiger partial charge on any atom is 0.199 e. The predicted molar refractivity (Wildman–Crippen MR) is 122 cm³/mol. The first-order chi connectivity index (χ1) is 15.0. The average molecular weight is 424 g/mol. The van der Waals surface area contributed by atoms with Crippen LogP contribution in [0.1, 0.15) is 25.3 Å². The van der Waals surface area contributed by atoms with E-state index in [0.29, 0.717) is 40.2 Å². The van der Waals surface area contributed by atoms with Crippen molar-refractivity contribution in [3.63, 3.8) is 0 Å². The average Bonchev–Trinajstić information content (AvgIpc) is 2.78. The van der Waals surface area contributed by atoms with Crippen molar-refractivity contribution in [3.05, 3.63) is 40.1 Å². The molecule has 1 fully saturated rings. The van der Waals surface area contributed by atoms with Crippen molar-refractivity contribution in [1.29, 1.82) is 0 Å². The number of carbonyl (C=O) groups excluding carboxylic acids is 1. The van der Waals surface area contributed by atoms with Crippen LogP contribution in [0.15, 0.2) is 29.1 Å². The molecule has 4 rings (SSSR count). The van der Waals surface area contributed by atoms with E-state index in [0.717, 1.165) is 50.3 Å². The quantitative estimate of drug-likeness (QED) is 0.429. The van der Waals surface area contributed by atoms with Crippen LogP contribution in [-0.4, -0.2) is 49.3 Å². The first-order valence-electron chi connectivity index (χ1n) is 10.9. The largest absolute Gasteiger partial charge is 0.491 e. The molecule has 3 aromatic rings. The molecule has 1 aliphatic heterocycles. The van der Waals surface area contributed by atoms with Gasteiger partial charge in [0.25, 0.3) is 0 Å². The molecule has 2 aromatic heterocycles. The molecule has 31 heavy (non-hydrogen) atoms. The Bertz CT molecular complexity index is 1170. The molecule has 0 spiro atoms. The van der Waals surface area contributed by atoms with E-state index in [1.54, 1.807) is 6.07 Å². The van der Waals surface area contributed by atoms with Gasteiger partial charge in [0.1, 0.15) is 23.5 Å². The van der Waals surface area contributed by atoms with Crippen molar-refractivity contribution in [2.24, 2.45) is 5.92 Å². The molecule has 164 valence electrons. The van der Waals surface area contributed by atoms with Crippen molar-refractivity contribution in [1.82, 2.24) is 9.55 Å². The topological polar surface area (TPSA) is 73.7 Å². The van der Waals surface area contributed by atoms with Gasteiger partial charge in [-0.05, 0) is 56.4 Å². The number of ether oxygens (including phenoxy) is 2. The SMILES string of the molecule is CCOc1c(C)ccc2c(=O)c3ccc(N(C)CC4CCOCC4)nc3n(CC=O)c12. The van der Waals surface area contributed by atoms with Gasteiger partial charge in [0.2, 0.25) is 0 Å². The van der Waals surface area contributed by atoms with E-state index in [2.05, 4.69) is 4.90 Å². The van der Waals surface area contributed by atoms with Crippen LogP contribution in [0.4, 0.5) is 5.82 Å². The van der Waals surface area contributed by atoms with Crippen LogP contribution in [0.3, 0.4) is 0 Å². The highest BCUT2D eigenvalue weighted by molar-refractivity contribution is 5.96. The lowest BCUT2D eigenvalue weighted by molar-refractivity contribution is -0.108. The van der Waals surface area contributed by atoms with Crippen molar-refractivity contribution in [2.75, 3.05) is 38.3 Å². The van der Waals surface area contributed by atoms with E-state index in [1.165, 1.54) is 0 Å². The van der Waals surface area contributed by atoms with Crippen LogP contribution in [0.5, 0.6) is 5.75 Å². The molecular weight excluding hydrogens is 394 g/mol. The fourth-order valence-corrected chi connectivity index (χ4v) is 4.40. The number of anilines is 1. The number of hydrogen-bond donors (Lipinski definition) is 0. The van der Waals surface area contributed by atoms with Crippen LogP contribution >= 0.6 is 0 Å². The maximum absolute atomic E-state index is 13.3. The second-order valence-electron chi connectivity index (χ2n) is 8.12. The summed E-state index contributed by atoms with van der Waals surface area (Å²) < 4.78 is 13.2. The Morgan fingerprint density at radius 2 is 1.97 bits per heavy atom. The molecular formula is C24H29N3O4. The molecule has 3 heterocycles. The molecule has 0 unspecified atom stereocenters. The van der Waals surface area contributed by atoms with Crippen molar-refractivity contribution in [3.8, 4) is 5.75 Å². The van der Waals surface area contributed by atoms with Crippen molar-refractivity contribution >= 4 is 34.0 Å². The molecule has 0 saturated carbocycles. The zero-order chi connectivity index (χ0) is 22.0. The lowest BCUT2D eigenvalue weighted by Gasteiger charge is -2.28. The summed E-state index contributed by atoms with van der Waals surface area (Å²) in [7, 11) is 2.02. The normalized spacial score (nSPS) is 14.8. The summed E-state index contributed by atoms with van der Waals surface area (Å²) in [5.41, 5.74) is 1.95. The zero-order valence-electron chi connectivity index (χ0n) is 18.4. The van der Waals surface area contributed by atoms with E-state index < -0.39 is 0 Å². The van der Waals surface area contributed by atoms with Gasteiger partial charge in [-0.1, -0.05) is 6.07 Å². The molecule has 1 saturated heterocycles. The number of aromatic nitrogens is 2. The lowest BCUT2D eigenvalue weighted by atomic mass is 10.00. The number of rotatable bonds is 7. The standard InChI is InChI=1S/C24H29N3O4/c1-4-31-23-16(2)5-6-18-21(23)27(11-12-28)24-19(22(18)29)7-8-20(25-24)26(3)15-17-9-13-30-14-10-17/h5-8,12,17H,4,9-11,13-15H2,1-3H3. The Morgan fingerprint density at radius 1 is 1.23 bits per heavy atom. The molecule has 0 atom stereocenters. The molecule has 7 heteroatoms. The number of aryl methyl sites for hydroxylation is 1. The number of aldehydes is 1. The molecule has 0 N–H and O–H groups in total. The van der Waals surface area contributed by atoms with Crippen LogP contribution in [0.2, 0.25) is 0 Å². The fraction of sp³-hybridized carbons (Fsp3) is 0.458. The smallest absolute Gasteiger partial charge is 0.199 e.